The lowest BCUT2D eigenvalue weighted by Crippen LogP contribution is -2.08. The van der Waals surface area contributed by atoms with Gasteiger partial charge in [-0.25, -0.2) is 0 Å². The molecule has 0 saturated heterocycles. The van der Waals surface area contributed by atoms with Crippen molar-refractivity contribution in [2.24, 2.45) is 0 Å². The Labute approximate surface area is 100 Å². The van der Waals surface area contributed by atoms with Crippen molar-refractivity contribution in [1.29, 1.82) is 0 Å². The molecule has 0 saturated carbocycles. The first-order valence-electron chi connectivity index (χ1n) is 6.75. The zero-order valence-electron chi connectivity index (χ0n) is 10.7. The lowest BCUT2D eigenvalue weighted by atomic mass is 10.1. The van der Waals surface area contributed by atoms with Crippen molar-refractivity contribution < 1.29 is 10.2 Å². The Morgan fingerprint density at radius 2 is 1.56 bits per heavy atom. The molecule has 96 valence electrons. The van der Waals surface area contributed by atoms with Crippen LogP contribution < -0.4 is 0 Å². The molecule has 0 spiro atoms. The van der Waals surface area contributed by atoms with Crippen molar-refractivity contribution in [3.05, 3.63) is 12.2 Å². The van der Waals surface area contributed by atoms with Gasteiger partial charge in [0.1, 0.15) is 0 Å². The Hall–Kier alpha value is -0.340. The van der Waals surface area contributed by atoms with Crippen LogP contribution in [-0.2, 0) is 0 Å². The Morgan fingerprint density at radius 3 is 2.12 bits per heavy atom. The van der Waals surface area contributed by atoms with Crippen LogP contribution in [0.4, 0.5) is 0 Å². The lowest BCUT2D eigenvalue weighted by molar-refractivity contribution is 0.122. The molecule has 1 atom stereocenters. The summed E-state index contributed by atoms with van der Waals surface area (Å²) >= 11 is 0. The topological polar surface area (TPSA) is 40.5 Å². The first-order chi connectivity index (χ1) is 7.81. The van der Waals surface area contributed by atoms with Crippen LogP contribution in [-0.4, -0.2) is 22.9 Å². The van der Waals surface area contributed by atoms with E-state index in [2.05, 4.69) is 19.1 Å². The van der Waals surface area contributed by atoms with Crippen molar-refractivity contribution in [1.82, 2.24) is 0 Å². The minimum Gasteiger partial charge on any atom is -0.396 e. The van der Waals surface area contributed by atoms with E-state index in [0.717, 1.165) is 25.7 Å². The molecule has 0 aromatic carbocycles. The van der Waals surface area contributed by atoms with Gasteiger partial charge in [-0.05, 0) is 38.5 Å². The molecule has 0 heterocycles. The highest BCUT2D eigenvalue weighted by Crippen LogP contribution is 2.07. The third-order valence-corrected chi connectivity index (χ3v) is 2.76. The van der Waals surface area contributed by atoms with E-state index < -0.39 is 0 Å². The SMILES string of the molecule is CCCCC/C=C/CCCCC(O)CCO. The van der Waals surface area contributed by atoms with Crippen molar-refractivity contribution in [2.75, 3.05) is 6.61 Å². The molecular weight excluding hydrogens is 200 g/mol. The third-order valence-electron chi connectivity index (χ3n) is 2.76. The molecule has 0 fully saturated rings. The van der Waals surface area contributed by atoms with Gasteiger partial charge in [-0.1, -0.05) is 38.3 Å². The van der Waals surface area contributed by atoms with E-state index in [1.807, 2.05) is 0 Å². The van der Waals surface area contributed by atoms with Crippen LogP contribution in [0.3, 0.4) is 0 Å². The van der Waals surface area contributed by atoms with Crippen molar-refractivity contribution in [3.8, 4) is 0 Å². The molecule has 2 N–H and O–H groups in total. The summed E-state index contributed by atoms with van der Waals surface area (Å²) in [6.07, 6.45) is 14.0. The highest BCUT2D eigenvalue weighted by Gasteiger charge is 2.01. The van der Waals surface area contributed by atoms with Crippen LogP contribution in [0.25, 0.3) is 0 Å². The highest BCUT2D eigenvalue weighted by molar-refractivity contribution is 4.81. The van der Waals surface area contributed by atoms with Crippen molar-refractivity contribution in [2.45, 2.75) is 70.8 Å². The predicted molar refractivity (Wildman–Crippen MR) is 69.5 cm³/mol. The number of hydrogen-bond donors (Lipinski definition) is 2. The molecule has 0 amide bonds. The molecule has 0 radical (unpaired) electrons. The quantitative estimate of drug-likeness (QED) is 0.420. The van der Waals surface area contributed by atoms with Crippen LogP contribution >= 0.6 is 0 Å². The molecule has 16 heavy (non-hydrogen) atoms. The summed E-state index contributed by atoms with van der Waals surface area (Å²) in [5, 5.41) is 18.0. The number of unbranched alkanes of at least 4 members (excludes halogenated alkanes) is 5. The molecule has 0 aromatic heterocycles. The van der Waals surface area contributed by atoms with E-state index in [1.54, 1.807) is 0 Å². The second-order valence-electron chi connectivity index (χ2n) is 4.42. The summed E-state index contributed by atoms with van der Waals surface area (Å²) in [5.74, 6) is 0. The molecular formula is C14H28O2. The van der Waals surface area contributed by atoms with E-state index in [1.165, 1.54) is 25.7 Å². The molecule has 2 nitrogen and oxygen atoms in total. The molecule has 1 unspecified atom stereocenters. The normalized spacial score (nSPS) is 13.4. The number of hydrogen-bond acceptors (Lipinski definition) is 2. The summed E-state index contributed by atoms with van der Waals surface area (Å²) in [6, 6.07) is 0. The summed E-state index contributed by atoms with van der Waals surface area (Å²) in [6.45, 7) is 2.32. The first-order valence-corrected chi connectivity index (χ1v) is 6.75. The second kappa shape index (κ2) is 12.7. The maximum atomic E-state index is 9.37. The van der Waals surface area contributed by atoms with Gasteiger partial charge in [-0.2, -0.15) is 0 Å². The van der Waals surface area contributed by atoms with Crippen LogP contribution in [0.15, 0.2) is 12.2 Å². The summed E-state index contributed by atoms with van der Waals surface area (Å²) in [7, 11) is 0. The first kappa shape index (κ1) is 15.7. The summed E-state index contributed by atoms with van der Waals surface area (Å²) < 4.78 is 0. The molecule has 0 rings (SSSR count). The van der Waals surface area contributed by atoms with Crippen LogP contribution in [0.2, 0.25) is 0 Å². The molecule has 0 bridgehead atoms. The zero-order valence-corrected chi connectivity index (χ0v) is 10.7. The smallest absolute Gasteiger partial charge is 0.0562 e. The second-order valence-corrected chi connectivity index (χ2v) is 4.42. The Balaban J connectivity index is 3.13. The van der Waals surface area contributed by atoms with E-state index in [0.29, 0.717) is 6.42 Å². The van der Waals surface area contributed by atoms with Gasteiger partial charge in [0.15, 0.2) is 0 Å². The monoisotopic (exact) mass is 228 g/mol. The van der Waals surface area contributed by atoms with Gasteiger partial charge in [0.25, 0.3) is 0 Å². The number of aliphatic hydroxyl groups is 2. The van der Waals surface area contributed by atoms with E-state index in [4.69, 9.17) is 5.11 Å². The number of allylic oxidation sites excluding steroid dienone is 2. The average Bonchev–Trinajstić information content (AvgIpc) is 2.27. The Kier molecular flexibility index (Phi) is 12.5. The largest absolute Gasteiger partial charge is 0.396 e. The third kappa shape index (κ3) is 11.7. The molecule has 0 aliphatic carbocycles. The Morgan fingerprint density at radius 1 is 0.938 bits per heavy atom. The van der Waals surface area contributed by atoms with E-state index in [-0.39, 0.29) is 12.7 Å². The van der Waals surface area contributed by atoms with Crippen molar-refractivity contribution in [3.63, 3.8) is 0 Å². The van der Waals surface area contributed by atoms with Crippen LogP contribution in [0, 0.1) is 0 Å². The average molecular weight is 228 g/mol. The van der Waals surface area contributed by atoms with Gasteiger partial charge in [0.05, 0.1) is 6.10 Å². The van der Waals surface area contributed by atoms with Crippen LogP contribution in [0.5, 0.6) is 0 Å². The maximum absolute atomic E-state index is 9.37. The number of rotatable bonds is 11. The van der Waals surface area contributed by atoms with E-state index >= 15 is 0 Å². The zero-order chi connectivity index (χ0) is 12.1. The number of aliphatic hydroxyl groups excluding tert-OH is 2. The van der Waals surface area contributed by atoms with Crippen molar-refractivity contribution >= 4 is 0 Å². The van der Waals surface area contributed by atoms with Gasteiger partial charge in [0, 0.05) is 6.61 Å². The fraction of sp³-hybridized carbons (Fsp3) is 0.857. The summed E-state index contributed by atoms with van der Waals surface area (Å²) in [5.41, 5.74) is 0. The summed E-state index contributed by atoms with van der Waals surface area (Å²) in [4.78, 5) is 0. The van der Waals surface area contributed by atoms with Gasteiger partial charge in [-0.3, -0.25) is 0 Å². The fourth-order valence-corrected chi connectivity index (χ4v) is 1.68. The standard InChI is InChI=1S/C14H28O2/c1-2-3-4-5-6-7-8-9-10-11-14(16)12-13-15/h6-7,14-16H,2-5,8-13H2,1H3/b7-6+. The van der Waals surface area contributed by atoms with Gasteiger partial charge >= 0.3 is 0 Å². The van der Waals surface area contributed by atoms with Gasteiger partial charge < -0.3 is 10.2 Å². The predicted octanol–water partition coefficient (Wildman–Crippen LogP) is 3.43. The molecule has 2 heteroatoms. The van der Waals surface area contributed by atoms with E-state index in [9.17, 15) is 5.11 Å². The van der Waals surface area contributed by atoms with Gasteiger partial charge in [-0.15, -0.1) is 0 Å². The Bertz CT molecular complexity index is 155. The maximum Gasteiger partial charge on any atom is 0.0562 e. The minimum absolute atomic E-state index is 0.0957. The van der Waals surface area contributed by atoms with Crippen LogP contribution in [0.1, 0.15) is 64.7 Å². The molecule has 0 aliphatic heterocycles. The molecule has 0 aromatic rings. The fourth-order valence-electron chi connectivity index (χ4n) is 1.68. The molecule has 0 aliphatic rings. The minimum atomic E-state index is -0.307. The highest BCUT2D eigenvalue weighted by atomic mass is 16.3. The van der Waals surface area contributed by atoms with Gasteiger partial charge in [0.2, 0.25) is 0 Å². The lowest BCUT2D eigenvalue weighted by Gasteiger charge is -2.06.